The Balaban J connectivity index is 4.12. The topological polar surface area (TPSA) is 43.3 Å². The molecule has 1 atom stereocenters. The summed E-state index contributed by atoms with van der Waals surface area (Å²) in [5.41, 5.74) is 1.29. The molecule has 0 radical (unpaired) electrons. The van der Waals surface area contributed by atoms with Crippen molar-refractivity contribution in [3.05, 3.63) is 0 Å². The summed E-state index contributed by atoms with van der Waals surface area (Å²) in [5, 5.41) is 0. The van der Waals surface area contributed by atoms with Crippen LogP contribution < -0.4 is 0 Å². The van der Waals surface area contributed by atoms with E-state index in [4.69, 9.17) is 18.3 Å². The minimum Gasteiger partial charge on any atom is -0.374 e. The number of nitrogens with zero attached hydrogens (tertiary/aromatic N) is 2. The Morgan fingerprint density at radius 1 is 0.962 bits per heavy atom. The largest absolute Gasteiger partial charge is 0.500 e. The Labute approximate surface area is 163 Å². The van der Waals surface area contributed by atoms with Crippen LogP contribution in [0.4, 0.5) is 0 Å². The highest BCUT2D eigenvalue weighted by Gasteiger charge is 2.39. The molecule has 0 aliphatic heterocycles. The summed E-state index contributed by atoms with van der Waals surface area (Å²) < 4.78 is 17.7. The Bertz CT molecular complexity index is 350. The second-order valence-electron chi connectivity index (χ2n) is 7.08. The maximum absolute atomic E-state index is 5.92. The normalized spacial score (nSPS) is 14.2. The van der Waals surface area contributed by atoms with Gasteiger partial charge in [0.05, 0.1) is 0 Å². The molecule has 0 spiro atoms. The molecular formula is C20H44N2O3Si. The predicted octanol–water partition coefficient (Wildman–Crippen LogP) is 4.64. The lowest BCUT2D eigenvalue weighted by Gasteiger charge is -2.29. The van der Waals surface area contributed by atoms with Crippen LogP contribution in [0.15, 0.2) is 4.99 Å². The Morgan fingerprint density at radius 2 is 1.50 bits per heavy atom. The van der Waals surface area contributed by atoms with Gasteiger partial charge in [0.2, 0.25) is 0 Å². The van der Waals surface area contributed by atoms with E-state index < -0.39 is 8.80 Å². The van der Waals surface area contributed by atoms with Gasteiger partial charge in [0.25, 0.3) is 0 Å². The number of rotatable bonds is 17. The zero-order chi connectivity index (χ0) is 19.8. The molecule has 0 bridgehead atoms. The van der Waals surface area contributed by atoms with Crippen molar-refractivity contribution in [2.75, 3.05) is 46.5 Å². The van der Waals surface area contributed by atoms with Gasteiger partial charge in [-0.15, -0.1) is 0 Å². The highest BCUT2D eigenvalue weighted by molar-refractivity contribution is 6.60. The number of hydrogen-bond donors (Lipinski definition) is 0. The average Bonchev–Trinajstić information content (AvgIpc) is 2.59. The minimum atomic E-state index is -2.48. The molecule has 0 saturated carbocycles. The molecule has 6 heteroatoms. The monoisotopic (exact) mass is 388 g/mol. The summed E-state index contributed by atoms with van der Waals surface area (Å²) in [6.45, 7) is 17.7. The van der Waals surface area contributed by atoms with Crippen LogP contribution in [0.1, 0.15) is 67.2 Å². The molecule has 0 aromatic rings. The average molecular weight is 389 g/mol. The summed E-state index contributed by atoms with van der Waals surface area (Å²) >= 11 is 0. The van der Waals surface area contributed by atoms with Crippen LogP contribution in [0.3, 0.4) is 0 Å². The summed E-state index contributed by atoms with van der Waals surface area (Å²) in [4.78, 5) is 7.09. The first-order valence-electron chi connectivity index (χ1n) is 10.5. The van der Waals surface area contributed by atoms with Gasteiger partial charge in [0, 0.05) is 38.1 Å². The van der Waals surface area contributed by atoms with Crippen LogP contribution >= 0.6 is 0 Å². The zero-order valence-electron chi connectivity index (χ0n) is 18.5. The van der Waals surface area contributed by atoms with Crippen LogP contribution in [0, 0.1) is 5.92 Å². The van der Waals surface area contributed by atoms with E-state index in [9.17, 15) is 0 Å². The summed E-state index contributed by atoms with van der Waals surface area (Å²) in [7, 11) is -0.302. The first-order chi connectivity index (χ1) is 12.4. The Hall–Kier alpha value is -0.273. The molecule has 0 aromatic carbocycles. The van der Waals surface area contributed by atoms with Gasteiger partial charge in [-0.25, -0.2) is 0 Å². The van der Waals surface area contributed by atoms with Gasteiger partial charge in [0.1, 0.15) is 0 Å². The summed E-state index contributed by atoms with van der Waals surface area (Å²) in [6.07, 6.45) is 4.51. The summed E-state index contributed by atoms with van der Waals surface area (Å²) in [6, 6.07) is 0.888. The number of aliphatic imine (C=N–C) groups is 1. The first kappa shape index (κ1) is 25.7. The quantitative estimate of drug-likeness (QED) is 0.207. The molecule has 0 aliphatic carbocycles. The minimum absolute atomic E-state index is 0.649. The van der Waals surface area contributed by atoms with Crippen molar-refractivity contribution in [1.82, 2.24) is 4.90 Å². The highest BCUT2D eigenvalue weighted by atomic mass is 28.4. The van der Waals surface area contributed by atoms with Gasteiger partial charge >= 0.3 is 8.80 Å². The van der Waals surface area contributed by atoms with Gasteiger partial charge in [-0.05, 0) is 73.0 Å². The van der Waals surface area contributed by atoms with Gasteiger partial charge in [0.15, 0.2) is 0 Å². The van der Waals surface area contributed by atoms with E-state index in [0.29, 0.717) is 19.8 Å². The van der Waals surface area contributed by atoms with Gasteiger partial charge in [-0.1, -0.05) is 20.3 Å². The van der Waals surface area contributed by atoms with E-state index in [1.165, 1.54) is 12.1 Å². The van der Waals surface area contributed by atoms with E-state index in [1.54, 1.807) is 0 Å². The van der Waals surface area contributed by atoms with Gasteiger partial charge < -0.3 is 18.2 Å². The van der Waals surface area contributed by atoms with E-state index in [2.05, 4.69) is 32.7 Å². The van der Waals surface area contributed by atoms with Crippen molar-refractivity contribution in [2.24, 2.45) is 10.9 Å². The predicted molar refractivity (Wildman–Crippen MR) is 114 cm³/mol. The molecule has 1 unspecified atom stereocenters. The van der Waals surface area contributed by atoms with Crippen LogP contribution in [-0.2, 0) is 13.3 Å². The van der Waals surface area contributed by atoms with Crippen molar-refractivity contribution >= 4 is 14.5 Å². The summed E-state index contributed by atoms with van der Waals surface area (Å²) in [5.74, 6) is 0.742. The second kappa shape index (κ2) is 15.8. The molecule has 0 saturated heterocycles. The molecule has 156 valence electrons. The highest BCUT2D eigenvalue weighted by Crippen LogP contribution is 2.18. The van der Waals surface area contributed by atoms with Crippen molar-refractivity contribution < 1.29 is 13.3 Å². The van der Waals surface area contributed by atoms with E-state index in [-0.39, 0.29) is 0 Å². The third kappa shape index (κ3) is 12.2. The fraction of sp³-hybridized carbons (Fsp3) is 0.950. The SMILES string of the molecule is CCO[Si](CCCN(C)CCCN=C(C)CC(C)CC)(OCC)OCC. The lowest BCUT2D eigenvalue weighted by atomic mass is 10.0. The van der Waals surface area contributed by atoms with Crippen molar-refractivity contribution in [3.8, 4) is 0 Å². The third-order valence-corrected chi connectivity index (χ3v) is 7.69. The van der Waals surface area contributed by atoms with Gasteiger partial charge in [-0.3, -0.25) is 4.99 Å². The molecule has 0 rings (SSSR count). The fourth-order valence-corrected chi connectivity index (χ4v) is 5.60. The van der Waals surface area contributed by atoms with Crippen LogP contribution in [0.2, 0.25) is 6.04 Å². The molecule has 0 aliphatic rings. The maximum atomic E-state index is 5.92. The molecule has 0 heterocycles. The van der Waals surface area contributed by atoms with Gasteiger partial charge in [-0.2, -0.15) is 0 Å². The number of hydrogen-bond acceptors (Lipinski definition) is 5. The Morgan fingerprint density at radius 3 is 2.00 bits per heavy atom. The van der Waals surface area contributed by atoms with Crippen molar-refractivity contribution in [3.63, 3.8) is 0 Å². The molecule has 0 amide bonds. The fourth-order valence-electron chi connectivity index (χ4n) is 3.00. The van der Waals surface area contributed by atoms with E-state index in [0.717, 1.165) is 50.9 Å². The zero-order valence-corrected chi connectivity index (χ0v) is 19.5. The lowest BCUT2D eigenvalue weighted by Crippen LogP contribution is -2.46. The van der Waals surface area contributed by atoms with Crippen LogP contribution in [-0.4, -0.2) is 65.9 Å². The third-order valence-electron chi connectivity index (χ3n) is 4.54. The molecular weight excluding hydrogens is 344 g/mol. The molecule has 0 aromatic heterocycles. The van der Waals surface area contributed by atoms with Crippen molar-refractivity contribution in [2.45, 2.75) is 73.3 Å². The molecule has 0 N–H and O–H groups in total. The van der Waals surface area contributed by atoms with E-state index >= 15 is 0 Å². The Kier molecular flexibility index (Phi) is 15.6. The van der Waals surface area contributed by atoms with E-state index in [1.807, 2.05) is 20.8 Å². The lowest BCUT2D eigenvalue weighted by molar-refractivity contribution is 0.0701. The second-order valence-corrected chi connectivity index (χ2v) is 9.81. The molecule has 0 fully saturated rings. The molecule has 26 heavy (non-hydrogen) atoms. The standard InChI is InChI=1S/C20H44N2O3Si/c1-8-19(5)18-20(6)21-14-12-15-22(7)16-13-17-26(23-9-2,24-10-3)25-11-4/h19H,8-18H2,1-7H3. The molecule has 5 nitrogen and oxygen atoms in total. The van der Waals surface area contributed by atoms with Crippen LogP contribution in [0.5, 0.6) is 0 Å². The van der Waals surface area contributed by atoms with Crippen LogP contribution in [0.25, 0.3) is 0 Å². The van der Waals surface area contributed by atoms with Crippen molar-refractivity contribution in [1.29, 1.82) is 0 Å². The maximum Gasteiger partial charge on any atom is 0.500 e. The first-order valence-corrected chi connectivity index (χ1v) is 12.5. The smallest absolute Gasteiger partial charge is 0.374 e.